The fourth-order valence-corrected chi connectivity index (χ4v) is 10.0. The van der Waals surface area contributed by atoms with Crippen LogP contribution in [0.15, 0.2) is 47.4 Å². The molecule has 1 heterocycles. The molecule has 1 saturated carbocycles. The van der Waals surface area contributed by atoms with Crippen molar-refractivity contribution in [1.29, 1.82) is 0 Å². The number of fused-ring (bicyclic) bond motifs is 3. The molecule has 2 aliphatic carbocycles. The number of sulfone groups is 1. The number of hydrogen-bond donors (Lipinski definition) is 1. The third kappa shape index (κ3) is 4.81. The van der Waals surface area contributed by atoms with Crippen LogP contribution in [0, 0.1) is 17.7 Å². The number of likely N-dealkylation sites (tertiary alicyclic amines) is 1. The fourth-order valence-electron chi connectivity index (χ4n) is 7.61. The maximum Gasteiger partial charge on any atom is 0.435 e. The van der Waals surface area contributed by atoms with Gasteiger partial charge >= 0.3 is 18.0 Å². The Morgan fingerprint density at radius 3 is 2.23 bits per heavy atom. The third-order valence-corrected chi connectivity index (χ3v) is 12.2. The molecule has 3 unspecified atom stereocenters. The first kappa shape index (κ1) is 32.6. The van der Waals surface area contributed by atoms with Crippen LogP contribution in [0.3, 0.4) is 0 Å². The van der Waals surface area contributed by atoms with Gasteiger partial charge in [0.1, 0.15) is 10.6 Å². The Morgan fingerprint density at radius 2 is 1.64 bits per heavy atom. The molecule has 1 amide bonds. The van der Waals surface area contributed by atoms with Crippen molar-refractivity contribution in [2.45, 2.75) is 91.7 Å². The summed E-state index contributed by atoms with van der Waals surface area (Å²) in [6.07, 6.45) is -12.4. The van der Waals surface area contributed by atoms with Gasteiger partial charge in [0, 0.05) is 18.0 Å². The number of nitrogens with zero attached hydrogens (tertiary/aromatic N) is 1. The number of benzene rings is 2. The van der Waals surface area contributed by atoms with Gasteiger partial charge in [-0.2, -0.15) is 26.3 Å². The highest BCUT2D eigenvalue weighted by molar-refractivity contribution is 7.92. The Labute approximate surface area is 249 Å². The summed E-state index contributed by atoms with van der Waals surface area (Å²) in [5, 5.41) is 10.5. The minimum Gasteiger partial charge on any atom is -0.390 e. The molecule has 2 fully saturated rings. The first-order chi connectivity index (χ1) is 20.2. The van der Waals surface area contributed by atoms with Crippen molar-refractivity contribution in [3.8, 4) is 0 Å². The van der Waals surface area contributed by atoms with Gasteiger partial charge in [-0.05, 0) is 80.7 Å². The summed E-state index contributed by atoms with van der Waals surface area (Å²) in [6.45, 7) is 3.36. The second-order valence-corrected chi connectivity index (χ2v) is 14.7. The molecule has 1 N–H and O–H groups in total. The average Bonchev–Trinajstić information content (AvgIpc) is 3.32. The van der Waals surface area contributed by atoms with E-state index in [1.807, 2.05) is 0 Å². The summed E-state index contributed by atoms with van der Waals surface area (Å²) >= 11 is 0. The molecule has 5 nitrogen and oxygen atoms in total. The summed E-state index contributed by atoms with van der Waals surface area (Å²) in [5.74, 6) is -2.08. The van der Waals surface area contributed by atoms with Crippen LogP contribution in [0.25, 0.3) is 0 Å². The molecule has 2 aromatic carbocycles. The van der Waals surface area contributed by atoms with Gasteiger partial charge in [-0.15, -0.1) is 0 Å². The molecule has 5 atom stereocenters. The van der Waals surface area contributed by atoms with Gasteiger partial charge in [-0.1, -0.05) is 31.2 Å². The Bertz CT molecular complexity index is 1560. The number of amides is 1. The van der Waals surface area contributed by atoms with E-state index in [4.69, 9.17) is 0 Å². The van der Waals surface area contributed by atoms with Crippen LogP contribution in [0.2, 0.25) is 0 Å². The molecule has 0 aromatic heterocycles. The first-order valence-electron chi connectivity index (χ1n) is 14.2. The van der Waals surface area contributed by atoms with Gasteiger partial charge in [0.2, 0.25) is 5.91 Å². The van der Waals surface area contributed by atoms with Crippen LogP contribution < -0.4 is 0 Å². The van der Waals surface area contributed by atoms with E-state index in [0.29, 0.717) is 31.4 Å². The number of carbonyl (C=O) groups is 1. The largest absolute Gasteiger partial charge is 0.435 e. The number of hydrogen-bond acceptors (Lipinski definition) is 4. The van der Waals surface area contributed by atoms with Gasteiger partial charge in [0.25, 0.3) is 0 Å². The monoisotopic (exact) mass is 653 g/mol. The fraction of sp³-hybridized carbons (Fsp3) is 0.567. The molecule has 14 heteroatoms. The van der Waals surface area contributed by atoms with E-state index in [2.05, 4.69) is 0 Å². The Morgan fingerprint density at radius 1 is 0.977 bits per heavy atom. The van der Waals surface area contributed by atoms with E-state index in [0.717, 1.165) is 30.3 Å². The lowest BCUT2D eigenvalue weighted by molar-refractivity contribution is -0.348. The van der Waals surface area contributed by atoms with Crippen LogP contribution in [0.4, 0.5) is 35.1 Å². The minimum absolute atomic E-state index is 0.100. The number of rotatable bonds is 4. The Hall–Kier alpha value is -2.74. The standard InChI is InChI=1S/C30H31F8NO4S/c1-17-16-26(2,41)11-10-22(17)25(40)39-13-12-27(44(42,43)21-5-3-4-20(31)15-21)23-8-7-19(14-18(23)6-9-24(27)39)28(32,29(33,34)35)30(36,37)38/h3-5,7-8,14-15,17,22,24,41H,6,9-13,16H2,1-2H3/t17-,22+,24?,26?,27?/m0/s1. The van der Waals surface area contributed by atoms with Crippen LogP contribution in [0.1, 0.15) is 62.6 Å². The molecule has 1 saturated heterocycles. The van der Waals surface area contributed by atoms with E-state index in [1.165, 1.54) is 4.90 Å². The molecule has 0 radical (unpaired) electrons. The van der Waals surface area contributed by atoms with Gasteiger partial charge in [-0.3, -0.25) is 4.79 Å². The van der Waals surface area contributed by atoms with E-state index in [-0.39, 0.29) is 48.8 Å². The third-order valence-electron chi connectivity index (χ3n) is 9.69. The van der Waals surface area contributed by atoms with E-state index >= 15 is 0 Å². The molecule has 242 valence electrons. The zero-order valence-corrected chi connectivity index (χ0v) is 24.6. The van der Waals surface area contributed by atoms with Crippen molar-refractivity contribution in [2.24, 2.45) is 11.8 Å². The van der Waals surface area contributed by atoms with Crippen molar-refractivity contribution in [2.75, 3.05) is 6.54 Å². The second kappa shape index (κ2) is 10.4. The molecular formula is C30H31F8NO4S. The van der Waals surface area contributed by atoms with Crippen molar-refractivity contribution < 1.29 is 53.4 Å². The predicted molar refractivity (Wildman–Crippen MR) is 142 cm³/mol. The second-order valence-electron chi connectivity index (χ2n) is 12.5. The Kier molecular flexibility index (Phi) is 7.71. The number of aryl methyl sites for hydroxylation is 1. The molecule has 3 aliphatic rings. The quantitative estimate of drug-likeness (QED) is 0.382. The highest BCUT2D eigenvalue weighted by atomic mass is 32.2. The molecule has 2 aromatic rings. The van der Waals surface area contributed by atoms with E-state index < -0.39 is 66.4 Å². The highest BCUT2D eigenvalue weighted by Crippen LogP contribution is 2.57. The van der Waals surface area contributed by atoms with E-state index in [1.54, 1.807) is 13.8 Å². The topological polar surface area (TPSA) is 74.7 Å². The average molecular weight is 654 g/mol. The normalized spacial score (nSPS) is 29.7. The van der Waals surface area contributed by atoms with Crippen molar-refractivity contribution >= 4 is 15.7 Å². The van der Waals surface area contributed by atoms with Gasteiger partial charge in [-0.25, -0.2) is 17.2 Å². The van der Waals surface area contributed by atoms with Gasteiger partial charge < -0.3 is 10.0 Å². The summed E-state index contributed by atoms with van der Waals surface area (Å²) < 4.78 is 137. The molecule has 5 rings (SSSR count). The van der Waals surface area contributed by atoms with Crippen molar-refractivity contribution in [1.82, 2.24) is 4.90 Å². The molecular weight excluding hydrogens is 622 g/mol. The maximum absolute atomic E-state index is 15.0. The van der Waals surface area contributed by atoms with Gasteiger partial charge in [0.15, 0.2) is 9.84 Å². The molecule has 0 spiro atoms. The maximum atomic E-state index is 15.0. The van der Waals surface area contributed by atoms with E-state index in [9.17, 15) is 53.4 Å². The lowest BCUT2D eigenvalue weighted by atomic mass is 9.72. The Balaban J connectivity index is 1.66. The zero-order chi connectivity index (χ0) is 32.7. The summed E-state index contributed by atoms with van der Waals surface area (Å²) in [6, 6.07) is 4.44. The van der Waals surface area contributed by atoms with Crippen molar-refractivity contribution in [3.63, 3.8) is 0 Å². The highest BCUT2D eigenvalue weighted by Gasteiger charge is 2.74. The van der Waals surface area contributed by atoms with Crippen LogP contribution in [0.5, 0.6) is 0 Å². The zero-order valence-electron chi connectivity index (χ0n) is 23.8. The summed E-state index contributed by atoms with van der Waals surface area (Å²) in [4.78, 5) is 14.9. The number of carbonyl (C=O) groups excluding carboxylic acids is 1. The predicted octanol–water partition coefficient (Wildman–Crippen LogP) is 6.52. The molecule has 44 heavy (non-hydrogen) atoms. The first-order valence-corrected chi connectivity index (χ1v) is 15.6. The SMILES string of the molecule is C[C@H]1CC(C)(O)CC[C@H]1C(=O)N1CCC2(S(=O)(=O)c3cccc(F)c3)c3ccc(C(F)(C(F)(F)F)C(F)(F)F)cc3CCC12. The van der Waals surface area contributed by atoms with Gasteiger partial charge in [0.05, 0.1) is 16.5 Å². The van der Waals surface area contributed by atoms with Crippen LogP contribution in [-0.4, -0.2) is 54.9 Å². The summed E-state index contributed by atoms with van der Waals surface area (Å²) in [7, 11) is -4.64. The smallest absolute Gasteiger partial charge is 0.390 e. The minimum atomic E-state index is -6.36. The molecule has 0 bridgehead atoms. The lowest BCUT2D eigenvalue weighted by Gasteiger charge is -2.45. The summed E-state index contributed by atoms with van der Waals surface area (Å²) in [5.41, 5.74) is -8.81. The van der Waals surface area contributed by atoms with Crippen LogP contribution >= 0.6 is 0 Å². The lowest BCUT2D eigenvalue weighted by Crippen LogP contribution is -2.54. The number of aliphatic hydroxyl groups is 1. The van der Waals surface area contributed by atoms with Crippen molar-refractivity contribution in [3.05, 3.63) is 65.0 Å². The number of halogens is 8. The van der Waals surface area contributed by atoms with Crippen LogP contribution in [-0.2, 0) is 31.5 Å². The molecule has 1 aliphatic heterocycles. The number of alkyl halides is 7.